The topological polar surface area (TPSA) is 26.3 Å². The Bertz CT molecular complexity index is 336. The summed E-state index contributed by atoms with van der Waals surface area (Å²) < 4.78 is 18.1. The second kappa shape index (κ2) is 5.49. The number of rotatable bonds is 4. The number of ether oxygens (including phenoxy) is 1. The van der Waals surface area contributed by atoms with Crippen LogP contribution in [0.15, 0.2) is 18.2 Å². The molecular weight excluding hydrogens is 195 g/mol. The molecule has 0 aliphatic heterocycles. The number of esters is 1. The fourth-order valence-electron chi connectivity index (χ4n) is 0.989. The Morgan fingerprint density at radius 2 is 2.40 bits per heavy atom. The smallest absolute Gasteiger partial charge is 0.341 e. The van der Waals surface area contributed by atoms with Crippen molar-refractivity contribution in [2.24, 2.45) is 5.92 Å². The molecule has 0 N–H and O–H groups in total. The van der Waals surface area contributed by atoms with Crippen LogP contribution in [0.3, 0.4) is 0 Å². The number of carbonyl (C=O) groups excluding carboxylic acids is 1. The lowest BCUT2D eigenvalue weighted by atomic mass is 10.1. The van der Waals surface area contributed by atoms with E-state index in [9.17, 15) is 9.18 Å². The highest BCUT2D eigenvalue weighted by Gasteiger charge is 2.12. The van der Waals surface area contributed by atoms with Crippen LogP contribution in [0.4, 0.5) is 4.39 Å². The fourth-order valence-corrected chi connectivity index (χ4v) is 0.989. The molecule has 15 heavy (non-hydrogen) atoms. The Morgan fingerprint density at radius 1 is 1.67 bits per heavy atom. The largest absolute Gasteiger partial charge is 0.462 e. The number of carbonyl (C=O) groups is 1. The van der Waals surface area contributed by atoms with Crippen molar-refractivity contribution in [3.05, 3.63) is 35.6 Å². The van der Waals surface area contributed by atoms with Crippen LogP contribution in [-0.4, -0.2) is 12.6 Å². The van der Waals surface area contributed by atoms with Crippen molar-refractivity contribution < 1.29 is 13.9 Å². The fraction of sp³-hybridized carbons (Fsp3) is 0.417. The Hall–Kier alpha value is -1.38. The van der Waals surface area contributed by atoms with E-state index in [0.717, 1.165) is 12.5 Å². The number of benzene rings is 1. The lowest BCUT2D eigenvalue weighted by Gasteiger charge is -2.09. The van der Waals surface area contributed by atoms with Crippen LogP contribution in [-0.2, 0) is 4.74 Å². The Balaban J connectivity index is 2.58. The van der Waals surface area contributed by atoms with Crippen molar-refractivity contribution in [2.45, 2.75) is 20.3 Å². The van der Waals surface area contributed by atoms with Gasteiger partial charge < -0.3 is 4.74 Å². The number of halogens is 1. The summed E-state index contributed by atoms with van der Waals surface area (Å²) in [5.41, 5.74) is -0.0305. The SMILES string of the molecule is CC[C@H](C)COC(=O)c1cc[c]cc1F. The molecule has 0 amide bonds. The van der Waals surface area contributed by atoms with E-state index in [1.54, 1.807) is 0 Å². The van der Waals surface area contributed by atoms with E-state index in [2.05, 4.69) is 6.07 Å². The third-order valence-corrected chi connectivity index (χ3v) is 2.23. The molecule has 0 unspecified atom stereocenters. The van der Waals surface area contributed by atoms with Gasteiger partial charge in [-0.3, -0.25) is 0 Å². The number of hydrogen-bond donors (Lipinski definition) is 0. The van der Waals surface area contributed by atoms with Crippen molar-refractivity contribution in [3.63, 3.8) is 0 Å². The van der Waals surface area contributed by atoms with Gasteiger partial charge in [0.25, 0.3) is 0 Å². The summed E-state index contributed by atoms with van der Waals surface area (Å²) in [7, 11) is 0. The van der Waals surface area contributed by atoms with Gasteiger partial charge in [0.05, 0.1) is 12.2 Å². The van der Waals surface area contributed by atoms with Crippen LogP contribution in [0.2, 0.25) is 0 Å². The highest BCUT2D eigenvalue weighted by atomic mass is 19.1. The van der Waals surface area contributed by atoms with Crippen molar-refractivity contribution in [1.82, 2.24) is 0 Å². The van der Waals surface area contributed by atoms with Crippen LogP contribution >= 0.6 is 0 Å². The van der Waals surface area contributed by atoms with Crippen molar-refractivity contribution >= 4 is 5.97 Å². The maximum absolute atomic E-state index is 13.1. The molecule has 0 bridgehead atoms. The van der Waals surface area contributed by atoms with Crippen molar-refractivity contribution in [3.8, 4) is 0 Å². The molecule has 0 spiro atoms. The zero-order chi connectivity index (χ0) is 11.3. The molecule has 1 radical (unpaired) electrons. The first-order valence-electron chi connectivity index (χ1n) is 4.97. The maximum atomic E-state index is 13.1. The molecule has 0 aromatic heterocycles. The molecule has 0 saturated carbocycles. The molecule has 2 nitrogen and oxygen atoms in total. The Labute approximate surface area is 89.1 Å². The quantitative estimate of drug-likeness (QED) is 0.713. The number of hydrogen-bond acceptors (Lipinski definition) is 2. The third kappa shape index (κ3) is 3.35. The second-order valence-corrected chi connectivity index (χ2v) is 3.52. The molecule has 1 rings (SSSR count). The molecular formula is C12H14FO2. The van der Waals surface area contributed by atoms with Gasteiger partial charge in [0.15, 0.2) is 0 Å². The van der Waals surface area contributed by atoms with Gasteiger partial charge in [0.1, 0.15) is 5.82 Å². The summed E-state index contributed by atoms with van der Waals surface area (Å²) in [4.78, 5) is 11.4. The van der Waals surface area contributed by atoms with E-state index in [4.69, 9.17) is 4.74 Å². The van der Waals surface area contributed by atoms with E-state index >= 15 is 0 Å². The van der Waals surface area contributed by atoms with Gasteiger partial charge in [-0.2, -0.15) is 0 Å². The van der Waals surface area contributed by atoms with Gasteiger partial charge in [-0.05, 0) is 24.1 Å². The Morgan fingerprint density at radius 3 is 3.00 bits per heavy atom. The van der Waals surface area contributed by atoms with Crippen molar-refractivity contribution in [1.29, 1.82) is 0 Å². The molecule has 0 heterocycles. The first-order chi connectivity index (χ1) is 7.15. The molecule has 3 heteroatoms. The predicted octanol–water partition coefficient (Wildman–Crippen LogP) is 2.83. The second-order valence-electron chi connectivity index (χ2n) is 3.52. The van der Waals surface area contributed by atoms with Crippen LogP contribution in [0, 0.1) is 17.8 Å². The van der Waals surface area contributed by atoms with E-state index in [1.807, 2.05) is 13.8 Å². The zero-order valence-corrected chi connectivity index (χ0v) is 8.92. The lowest BCUT2D eigenvalue weighted by molar-refractivity contribution is 0.0442. The van der Waals surface area contributed by atoms with Gasteiger partial charge in [-0.15, -0.1) is 0 Å². The molecule has 0 fully saturated rings. The van der Waals surface area contributed by atoms with E-state index < -0.39 is 11.8 Å². The van der Waals surface area contributed by atoms with Gasteiger partial charge in [0, 0.05) is 0 Å². The zero-order valence-electron chi connectivity index (χ0n) is 8.92. The third-order valence-electron chi connectivity index (χ3n) is 2.23. The van der Waals surface area contributed by atoms with Crippen molar-refractivity contribution in [2.75, 3.05) is 6.61 Å². The first kappa shape index (κ1) is 11.7. The summed E-state index contributed by atoms with van der Waals surface area (Å²) in [6, 6.07) is 6.53. The molecule has 1 atom stereocenters. The summed E-state index contributed by atoms with van der Waals surface area (Å²) in [5, 5.41) is 0. The minimum atomic E-state index is -0.609. The van der Waals surface area contributed by atoms with Gasteiger partial charge in [-0.1, -0.05) is 26.3 Å². The summed E-state index contributed by atoms with van der Waals surface area (Å²) >= 11 is 0. The van der Waals surface area contributed by atoms with E-state index in [0.29, 0.717) is 12.5 Å². The average Bonchev–Trinajstić information content (AvgIpc) is 2.26. The van der Waals surface area contributed by atoms with Gasteiger partial charge in [0.2, 0.25) is 0 Å². The minimum Gasteiger partial charge on any atom is -0.462 e. The summed E-state index contributed by atoms with van der Waals surface area (Å²) in [5.74, 6) is -0.902. The summed E-state index contributed by atoms with van der Waals surface area (Å²) in [6.45, 7) is 4.31. The van der Waals surface area contributed by atoms with Crippen LogP contribution in [0.1, 0.15) is 30.6 Å². The Kier molecular flexibility index (Phi) is 4.28. The van der Waals surface area contributed by atoms with Crippen LogP contribution in [0.5, 0.6) is 0 Å². The van der Waals surface area contributed by atoms with E-state index in [1.165, 1.54) is 12.1 Å². The highest BCUT2D eigenvalue weighted by molar-refractivity contribution is 5.89. The molecule has 81 valence electrons. The average molecular weight is 209 g/mol. The van der Waals surface area contributed by atoms with E-state index in [-0.39, 0.29) is 5.56 Å². The first-order valence-corrected chi connectivity index (χ1v) is 4.97. The standard InChI is InChI=1S/C12H14FO2/c1-3-9(2)8-15-12(14)10-6-4-5-7-11(10)13/h4,6-7,9H,3,8H2,1-2H3/t9-/m0/s1. The van der Waals surface area contributed by atoms with Crippen LogP contribution < -0.4 is 0 Å². The molecule has 0 saturated heterocycles. The molecule has 0 aliphatic carbocycles. The molecule has 1 aromatic carbocycles. The van der Waals surface area contributed by atoms with Gasteiger partial charge in [-0.25, -0.2) is 9.18 Å². The highest BCUT2D eigenvalue weighted by Crippen LogP contribution is 2.09. The summed E-state index contributed by atoms with van der Waals surface area (Å²) in [6.07, 6.45) is 0.929. The predicted molar refractivity (Wildman–Crippen MR) is 55.0 cm³/mol. The monoisotopic (exact) mass is 209 g/mol. The molecule has 0 aliphatic rings. The lowest BCUT2D eigenvalue weighted by Crippen LogP contribution is -2.12. The maximum Gasteiger partial charge on any atom is 0.341 e. The minimum absolute atomic E-state index is 0.0305. The van der Waals surface area contributed by atoms with Crippen LogP contribution in [0.25, 0.3) is 0 Å². The van der Waals surface area contributed by atoms with Gasteiger partial charge >= 0.3 is 5.97 Å². The molecule has 1 aromatic rings. The normalized spacial score (nSPS) is 12.2.